The summed E-state index contributed by atoms with van der Waals surface area (Å²) < 4.78 is 40.4. The van der Waals surface area contributed by atoms with E-state index in [9.17, 15) is 57.7 Å². The number of halogens is 7. The van der Waals surface area contributed by atoms with Gasteiger partial charge in [-0.1, -0.05) is 134 Å². The number of hydrogen-bond acceptors (Lipinski definition) is 17. The van der Waals surface area contributed by atoms with Crippen molar-refractivity contribution in [1.82, 2.24) is 95.5 Å². The summed E-state index contributed by atoms with van der Waals surface area (Å²) in [5.41, 5.74) is 9.12. The molecule has 790 valence electrons. The number of fused-ring (bicyclic) bond motifs is 5. The molecule has 6 fully saturated rings. The first-order chi connectivity index (χ1) is 69.0. The highest BCUT2D eigenvalue weighted by molar-refractivity contribution is 7.98. The lowest BCUT2D eigenvalue weighted by molar-refractivity contribution is -0.0146. The molecule has 0 bridgehead atoms. The number of hydrogen-bond donors (Lipinski definition) is 14. The second kappa shape index (κ2) is 47.0. The molecule has 7 aromatic heterocycles. The molecule has 6 aliphatic rings. The quantitative estimate of drug-likeness (QED) is 0.0250. The van der Waals surface area contributed by atoms with Crippen LogP contribution in [0.3, 0.4) is 0 Å². The Kier molecular flexibility index (Phi) is 35.9. The fraction of sp³-hybridized carbons (Fsp3) is 0.533. The summed E-state index contributed by atoms with van der Waals surface area (Å²) in [5, 5.41) is 110. The maximum Gasteiger partial charge on any atom is 0.321 e. The van der Waals surface area contributed by atoms with Gasteiger partial charge < -0.3 is 66.4 Å². The molecule has 5 aromatic carbocycles. The van der Waals surface area contributed by atoms with E-state index < -0.39 is 62.4 Å². The predicted molar refractivity (Wildman–Crippen MR) is 577 cm³/mol. The molecular formula is C107H142Cl5F2N21O10S. The Morgan fingerprint density at radius 3 is 0.870 bits per heavy atom. The fourth-order valence-electron chi connectivity index (χ4n) is 21.5. The lowest BCUT2D eigenvalue weighted by Crippen LogP contribution is -2.47. The Morgan fingerprint density at radius 2 is 0.637 bits per heavy atom. The molecule has 14 N–H and O–H groups in total. The highest BCUT2D eigenvalue weighted by Gasteiger charge is 2.47. The van der Waals surface area contributed by atoms with Crippen LogP contribution >= 0.6 is 58.0 Å². The number of rotatable bonds is 24. The van der Waals surface area contributed by atoms with E-state index >= 15 is 0 Å². The van der Waals surface area contributed by atoms with Crippen molar-refractivity contribution in [2.75, 3.05) is 94.9 Å². The van der Waals surface area contributed by atoms with Crippen molar-refractivity contribution in [1.29, 1.82) is 0 Å². The van der Waals surface area contributed by atoms with Gasteiger partial charge in [0, 0.05) is 192 Å². The van der Waals surface area contributed by atoms with Crippen LogP contribution in [0.4, 0.5) is 39.3 Å². The highest BCUT2D eigenvalue weighted by Crippen LogP contribution is 2.53. The van der Waals surface area contributed by atoms with Crippen LogP contribution in [0.25, 0.3) is 54.5 Å². The molecule has 31 nitrogen and oxygen atoms in total. The Hall–Kier alpha value is -10.1. The zero-order chi connectivity index (χ0) is 105. The number of pyridine rings is 2. The van der Waals surface area contributed by atoms with Crippen molar-refractivity contribution in [2.45, 2.75) is 217 Å². The maximum atomic E-state index is 12.9. The second-order valence-corrected chi connectivity index (χ2v) is 48.3. The van der Waals surface area contributed by atoms with Crippen molar-refractivity contribution >= 4 is 164 Å². The van der Waals surface area contributed by atoms with Crippen molar-refractivity contribution in [2.24, 2.45) is 62.6 Å². The number of aromatic amines is 5. The van der Waals surface area contributed by atoms with Crippen LogP contribution in [0.1, 0.15) is 236 Å². The van der Waals surface area contributed by atoms with Crippen LogP contribution in [0.15, 0.2) is 128 Å². The van der Waals surface area contributed by atoms with Gasteiger partial charge in [0.15, 0.2) is 0 Å². The second-order valence-electron chi connectivity index (χ2n) is 43.5. The van der Waals surface area contributed by atoms with E-state index in [0.717, 1.165) is 179 Å². The van der Waals surface area contributed by atoms with Gasteiger partial charge >= 0.3 is 24.1 Å². The SMILES string of the molecule is C=S(=O)(CC)N1CCC(C(C)(C)[C@H](O)c2cc(Cl)cc3cn[nH]c23)CC1.CC(C)(C1CCN(C(=O)NCC2CC2)CC1)[C@H](O)c1cc(Cl)cc2cn[nH]c12.CC(F)(F)CCNC(=O)N1CCC(C(C)(C)[C@H](O)c2cc(Cl)cc3cn[nH]c23)CC1.Cc1ccc(NC(=O)N2CCC(C(C)(C)C(O)c3cc(Cl)cc4cn[nH]c34)CC2)cn1.Cc1ccc(NC(=O)N2CCC(C(C)(C)[C@H](O)c3cc(Cl)cc4cn[nH]c34)CC2)cn1. The summed E-state index contributed by atoms with van der Waals surface area (Å²) in [4.78, 5) is 65.5. The molecule has 1 saturated carbocycles. The molecule has 8 amide bonds. The molecule has 39 heteroatoms. The molecule has 2 unspecified atom stereocenters. The monoisotopic (exact) mass is 2130 g/mol. The molecule has 12 aromatic rings. The van der Waals surface area contributed by atoms with Gasteiger partial charge in [0.05, 0.1) is 113 Å². The number of piperidine rings is 5. The van der Waals surface area contributed by atoms with E-state index in [0.29, 0.717) is 118 Å². The summed E-state index contributed by atoms with van der Waals surface area (Å²) >= 11 is 31.3. The third-order valence-corrected chi connectivity index (χ3v) is 35.2. The van der Waals surface area contributed by atoms with E-state index in [4.69, 9.17) is 58.0 Å². The van der Waals surface area contributed by atoms with Crippen LogP contribution in [0.5, 0.6) is 0 Å². The first-order valence-electron chi connectivity index (χ1n) is 50.6. The number of H-pyrrole nitrogens is 5. The summed E-state index contributed by atoms with van der Waals surface area (Å²) in [7, 11) is -2.15. The molecule has 5 saturated heterocycles. The Bertz CT molecular complexity index is 6420. The topological polar surface area (TPSA) is 420 Å². The molecule has 12 heterocycles. The summed E-state index contributed by atoms with van der Waals surface area (Å²) in [6, 6.07) is 25.2. The number of aryl methyl sites for hydroxylation is 2. The number of nitrogens with zero attached hydrogens (tertiary/aromatic N) is 12. The van der Waals surface area contributed by atoms with Crippen molar-refractivity contribution < 1.29 is 57.7 Å². The number of aliphatic hydroxyl groups is 5. The lowest BCUT2D eigenvalue weighted by atomic mass is 9.68. The van der Waals surface area contributed by atoms with E-state index in [-0.39, 0.29) is 65.7 Å². The van der Waals surface area contributed by atoms with Crippen molar-refractivity contribution in [3.8, 4) is 0 Å². The standard InChI is InChI=1S/2C23H28ClN5O2.C21H29ClF2N4O2.C21H29ClN4O2.C19H28ClN3O2S/c2*1-14-4-5-18(13-25-14)27-22(31)29-8-6-16(7-9-29)23(2,3)21(30)19-11-17(24)10-15-12-26-28-20(15)19;1-20(2,18(29)16-11-15(22)10-13-12-26-27-17(13)16)14-4-8-28(9-5-14)19(30)25-7-6-21(3,23)24;1-21(2,19(27)17-10-16(22)9-14-12-24-25-18(14)17)15-5-7-26(8-6-15)20(28)23-11-13-3-4-13;1-5-26(4,25)23-8-6-14(7-9-23)19(2,3)18(24)16-11-15(20)10-13-12-21-22-17(13)16/h2*4-5,10-13,16,21,30H,6-9H2,1-3H3,(H,26,28)(H,27,31);10-12,14,18,29H,4-9H2,1-3H3,(H,25,30)(H,26,27);9-10,12-13,15,19,27H,3-8,11H2,1-2H3,(H,23,28)(H,24,25);10-12,14,18,24H,4-9H2,1-3H3,(H,21,22)/t21-;;18-;19-;18-,26?/m1.111/s1. The average Bonchev–Trinajstić information content (AvgIpc) is 1.42. The number of aliphatic hydroxyl groups excluding tert-OH is 5. The van der Waals surface area contributed by atoms with Gasteiger partial charge in [-0.2, -0.15) is 25.5 Å². The number of anilines is 2. The number of alkyl halides is 2. The maximum absolute atomic E-state index is 12.9. The average molecular weight is 2130 g/mol. The van der Waals surface area contributed by atoms with Gasteiger partial charge in [-0.25, -0.2) is 32.3 Å². The highest BCUT2D eigenvalue weighted by atomic mass is 35.5. The van der Waals surface area contributed by atoms with Crippen LogP contribution in [-0.4, -0.2) is 235 Å². The Labute approximate surface area is 877 Å². The summed E-state index contributed by atoms with van der Waals surface area (Å²) in [6.45, 7) is 34.7. The summed E-state index contributed by atoms with van der Waals surface area (Å²) in [6.07, 6.45) is 18.7. The third kappa shape index (κ3) is 26.7. The van der Waals surface area contributed by atoms with Gasteiger partial charge in [-0.05, 0) is 251 Å². The van der Waals surface area contributed by atoms with Crippen LogP contribution < -0.4 is 21.3 Å². The van der Waals surface area contributed by atoms with E-state index in [1.807, 2.05) is 126 Å². The number of likely N-dealkylation sites (tertiary alicyclic amines) is 4. The smallest absolute Gasteiger partial charge is 0.321 e. The minimum atomic E-state index is -2.79. The minimum absolute atomic E-state index is 0.0534. The van der Waals surface area contributed by atoms with Crippen LogP contribution in [0.2, 0.25) is 25.1 Å². The molecule has 18 rings (SSSR count). The van der Waals surface area contributed by atoms with Gasteiger partial charge in [-0.3, -0.25) is 39.7 Å². The Morgan fingerprint density at radius 1 is 0.390 bits per heavy atom. The van der Waals surface area contributed by atoms with Gasteiger partial charge in [0.25, 0.3) is 0 Å². The number of carbonyl (C=O) groups excluding carboxylic acids is 4. The molecular weight excluding hydrogens is 1990 g/mol. The fourth-order valence-corrected chi connectivity index (χ4v) is 23.9. The van der Waals surface area contributed by atoms with E-state index in [1.165, 1.54) is 12.8 Å². The zero-order valence-corrected chi connectivity index (χ0v) is 90.4. The molecule has 6 atom stereocenters. The van der Waals surface area contributed by atoms with Crippen molar-refractivity contribution in [3.63, 3.8) is 0 Å². The molecule has 0 spiro atoms. The molecule has 146 heavy (non-hydrogen) atoms. The van der Waals surface area contributed by atoms with Crippen molar-refractivity contribution in [3.05, 3.63) is 193 Å². The molecule has 5 aliphatic heterocycles. The third-order valence-electron chi connectivity index (χ3n) is 31.9. The van der Waals surface area contributed by atoms with E-state index in [2.05, 4.69) is 143 Å². The number of amides is 8. The Balaban J connectivity index is 0.000000145. The van der Waals surface area contributed by atoms with Crippen LogP contribution in [0, 0.1) is 76.4 Å². The van der Waals surface area contributed by atoms with Crippen LogP contribution in [-0.2, 0) is 9.71 Å². The normalized spacial score (nSPS) is 18.1. The first-order valence-corrected chi connectivity index (χ1v) is 54.3. The number of benzene rings is 5. The number of carbonyl (C=O) groups is 4. The van der Waals surface area contributed by atoms with Gasteiger partial charge in [-0.15, -0.1) is 0 Å². The van der Waals surface area contributed by atoms with E-state index in [1.54, 1.807) is 60.4 Å². The first kappa shape index (κ1) is 112. The lowest BCUT2D eigenvalue weighted by Gasteiger charge is -2.43. The molecule has 1 aliphatic carbocycles. The zero-order valence-electron chi connectivity index (χ0n) is 85.8. The summed E-state index contributed by atoms with van der Waals surface area (Å²) in [5.74, 6) is 3.68. The largest absolute Gasteiger partial charge is 0.388 e. The number of nitrogens with one attached hydrogen (secondary N) is 9. The minimum Gasteiger partial charge on any atom is -0.388 e. The number of urea groups is 4. The number of aromatic nitrogens is 12. The van der Waals surface area contributed by atoms with Gasteiger partial charge in [0.2, 0.25) is 5.92 Å². The molecule has 0 radical (unpaired) electrons. The van der Waals surface area contributed by atoms with Gasteiger partial charge in [0.1, 0.15) is 0 Å². The predicted octanol–water partition coefficient (Wildman–Crippen LogP) is 22.3.